The zero-order valence-corrected chi connectivity index (χ0v) is 14.7. The molecule has 1 N–H and O–H groups in total. The SMILES string of the molecule is COc1ccc(Br)cc1S(=O)(=O)N[C@H]1COC(C(C)C)C1. The van der Waals surface area contributed by atoms with Gasteiger partial charge in [0.05, 0.1) is 19.8 Å². The molecule has 1 unspecified atom stereocenters. The molecule has 0 aliphatic carbocycles. The van der Waals surface area contributed by atoms with Gasteiger partial charge in [0.15, 0.2) is 0 Å². The largest absolute Gasteiger partial charge is 0.495 e. The van der Waals surface area contributed by atoms with Crippen molar-refractivity contribution >= 4 is 26.0 Å². The second kappa shape index (κ2) is 6.64. The lowest BCUT2D eigenvalue weighted by molar-refractivity contribution is 0.0746. The van der Waals surface area contributed by atoms with Crippen LogP contribution < -0.4 is 9.46 Å². The Labute approximate surface area is 134 Å². The molecule has 5 nitrogen and oxygen atoms in total. The van der Waals surface area contributed by atoms with E-state index < -0.39 is 10.0 Å². The number of sulfonamides is 1. The Morgan fingerprint density at radius 1 is 1.43 bits per heavy atom. The van der Waals surface area contributed by atoms with Gasteiger partial charge in [-0.3, -0.25) is 0 Å². The van der Waals surface area contributed by atoms with E-state index in [4.69, 9.17) is 9.47 Å². The first-order valence-corrected chi connectivity index (χ1v) is 9.08. The van der Waals surface area contributed by atoms with Crippen molar-refractivity contribution in [2.75, 3.05) is 13.7 Å². The highest BCUT2D eigenvalue weighted by molar-refractivity contribution is 9.10. The summed E-state index contributed by atoms with van der Waals surface area (Å²) in [6.45, 7) is 4.54. The number of hydrogen-bond donors (Lipinski definition) is 1. The maximum absolute atomic E-state index is 12.5. The van der Waals surface area contributed by atoms with Crippen molar-refractivity contribution in [1.29, 1.82) is 0 Å². The molecule has 7 heteroatoms. The van der Waals surface area contributed by atoms with Crippen LogP contribution in [0.4, 0.5) is 0 Å². The summed E-state index contributed by atoms with van der Waals surface area (Å²) in [7, 11) is -2.19. The highest BCUT2D eigenvalue weighted by Crippen LogP contribution is 2.28. The van der Waals surface area contributed by atoms with E-state index >= 15 is 0 Å². The molecule has 0 saturated carbocycles. The average Bonchev–Trinajstić information content (AvgIpc) is 2.86. The summed E-state index contributed by atoms with van der Waals surface area (Å²) >= 11 is 3.29. The second-order valence-corrected chi connectivity index (χ2v) is 8.06. The third-order valence-electron chi connectivity index (χ3n) is 3.51. The fourth-order valence-electron chi connectivity index (χ4n) is 2.35. The van der Waals surface area contributed by atoms with Crippen LogP contribution in [0, 0.1) is 5.92 Å². The van der Waals surface area contributed by atoms with Gasteiger partial charge in [0.2, 0.25) is 10.0 Å². The van der Waals surface area contributed by atoms with Gasteiger partial charge in [-0.05, 0) is 30.5 Å². The van der Waals surface area contributed by atoms with E-state index in [1.54, 1.807) is 12.1 Å². The second-order valence-electron chi connectivity index (χ2n) is 5.46. The highest BCUT2D eigenvalue weighted by atomic mass is 79.9. The minimum absolute atomic E-state index is 0.0992. The summed E-state index contributed by atoms with van der Waals surface area (Å²) < 4.78 is 39.2. The van der Waals surface area contributed by atoms with Crippen molar-refractivity contribution in [1.82, 2.24) is 4.72 Å². The molecule has 0 spiro atoms. The van der Waals surface area contributed by atoms with E-state index in [2.05, 4.69) is 34.5 Å². The van der Waals surface area contributed by atoms with Gasteiger partial charge in [0.25, 0.3) is 0 Å². The number of benzene rings is 1. The smallest absolute Gasteiger partial charge is 0.244 e. The van der Waals surface area contributed by atoms with Gasteiger partial charge in [0.1, 0.15) is 10.6 Å². The summed E-state index contributed by atoms with van der Waals surface area (Å²) in [5.41, 5.74) is 0. The van der Waals surface area contributed by atoms with Crippen LogP contribution in [0.5, 0.6) is 5.75 Å². The fraction of sp³-hybridized carbons (Fsp3) is 0.571. The zero-order chi connectivity index (χ0) is 15.6. The van der Waals surface area contributed by atoms with Crippen LogP contribution in [0.3, 0.4) is 0 Å². The molecule has 0 bridgehead atoms. The Bertz CT molecular complexity index is 603. The van der Waals surface area contributed by atoms with Crippen molar-refractivity contribution in [2.45, 2.75) is 37.3 Å². The number of hydrogen-bond acceptors (Lipinski definition) is 4. The molecule has 2 atom stereocenters. The van der Waals surface area contributed by atoms with Gasteiger partial charge in [-0.1, -0.05) is 29.8 Å². The molecule has 0 radical (unpaired) electrons. The Hall–Kier alpha value is -0.630. The Morgan fingerprint density at radius 3 is 2.71 bits per heavy atom. The molecule has 1 aromatic rings. The molecular formula is C14H20BrNO4S. The molecular weight excluding hydrogens is 358 g/mol. The molecule has 2 rings (SSSR count). The lowest BCUT2D eigenvalue weighted by Gasteiger charge is -2.15. The summed E-state index contributed by atoms with van der Waals surface area (Å²) in [4.78, 5) is 0.132. The highest BCUT2D eigenvalue weighted by Gasteiger charge is 2.32. The maximum Gasteiger partial charge on any atom is 0.244 e. The lowest BCUT2D eigenvalue weighted by atomic mass is 10.0. The molecule has 1 fully saturated rings. The van der Waals surface area contributed by atoms with Gasteiger partial charge in [0, 0.05) is 10.5 Å². The first-order chi connectivity index (χ1) is 9.83. The fourth-order valence-corrected chi connectivity index (χ4v) is 4.29. The third-order valence-corrected chi connectivity index (χ3v) is 5.54. The van der Waals surface area contributed by atoms with Crippen molar-refractivity contribution in [3.05, 3.63) is 22.7 Å². The monoisotopic (exact) mass is 377 g/mol. The van der Waals surface area contributed by atoms with Crippen molar-refractivity contribution < 1.29 is 17.9 Å². The Morgan fingerprint density at radius 2 is 2.14 bits per heavy atom. The van der Waals surface area contributed by atoms with Crippen LogP contribution in [0.1, 0.15) is 20.3 Å². The molecule has 21 heavy (non-hydrogen) atoms. The summed E-state index contributed by atoms with van der Waals surface area (Å²) in [6.07, 6.45) is 0.787. The normalized spacial score (nSPS) is 22.7. The average molecular weight is 378 g/mol. The predicted octanol–water partition coefficient (Wildman–Crippen LogP) is 2.55. The molecule has 118 valence electrons. The van der Waals surface area contributed by atoms with E-state index in [0.717, 1.165) is 0 Å². The van der Waals surface area contributed by atoms with Gasteiger partial charge >= 0.3 is 0 Å². The van der Waals surface area contributed by atoms with Crippen LogP contribution in [0.2, 0.25) is 0 Å². The quantitative estimate of drug-likeness (QED) is 0.856. The molecule has 0 amide bonds. The number of halogens is 1. The lowest BCUT2D eigenvalue weighted by Crippen LogP contribution is -2.35. The molecule has 1 aromatic carbocycles. The van der Waals surface area contributed by atoms with E-state index in [0.29, 0.717) is 29.2 Å². The third kappa shape index (κ3) is 3.97. The predicted molar refractivity (Wildman–Crippen MR) is 84.0 cm³/mol. The van der Waals surface area contributed by atoms with Crippen LogP contribution in [-0.4, -0.2) is 34.3 Å². The van der Waals surface area contributed by atoms with Gasteiger partial charge in [-0.2, -0.15) is 0 Å². The molecule has 0 aromatic heterocycles. The minimum Gasteiger partial charge on any atom is -0.495 e. The van der Waals surface area contributed by atoms with Crippen LogP contribution in [-0.2, 0) is 14.8 Å². The number of nitrogens with one attached hydrogen (secondary N) is 1. The molecule has 1 aliphatic rings. The van der Waals surface area contributed by atoms with Crippen LogP contribution in [0.25, 0.3) is 0 Å². The number of rotatable bonds is 5. The van der Waals surface area contributed by atoms with E-state index in [1.165, 1.54) is 13.2 Å². The molecule has 1 saturated heterocycles. The van der Waals surface area contributed by atoms with Crippen LogP contribution in [0.15, 0.2) is 27.6 Å². The molecule has 1 heterocycles. The van der Waals surface area contributed by atoms with Crippen molar-refractivity contribution in [3.8, 4) is 5.75 Å². The first kappa shape index (κ1) is 16.7. The van der Waals surface area contributed by atoms with Gasteiger partial charge in [-0.25, -0.2) is 13.1 Å². The van der Waals surface area contributed by atoms with Gasteiger partial charge in [-0.15, -0.1) is 0 Å². The van der Waals surface area contributed by atoms with Crippen LogP contribution >= 0.6 is 15.9 Å². The topological polar surface area (TPSA) is 64.6 Å². The first-order valence-electron chi connectivity index (χ1n) is 6.81. The summed E-state index contributed by atoms with van der Waals surface area (Å²) in [5, 5.41) is 0. The Balaban J connectivity index is 2.18. The number of methoxy groups -OCH3 is 1. The maximum atomic E-state index is 12.5. The zero-order valence-electron chi connectivity index (χ0n) is 12.3. The summed E-state index contributed by atoms with van der Waals surface area (Å²) in [6, 6.07) is 4.70. The minimum atomic E-state index is -3.64. The molecule has 1 aliphatic heterocycles. The van der Waals surface area contributed by atoms with E-state index in [1.807, 2.05) is 0 Å². The van der Waals surface area contributed by atoms with E-state index in [-0.39, 0.29) is 17.0 Å². The number of ether oxygens (including phenoxy) is 2. The Kier molecular flexibility index (Phi) is 5.29. The van der Waals surface area contributed by atoms with E-state index in [9.17, 15) is 8.42 Å². The van der Waals surface area contributed by atoms with Crippen molar-refractivity contribution in [3.63, 3.8) is 0 Å². The summed E-state index contributed by atoms with van der Waals surface area (Å²) in [5.74, 6) is 0.699. The van der Waals surface area contributed by atoms with Gasteiger partial charge < -0.3 is 9.47 Å². The van der Waals surface area contributed by atoms with Crippen molar-refractivity contribution in [2.24, 2.45) is 5.92 Å². The standard InChI is InChI=1S/C14H20BrNO4S/c1-9(2)13-7-11(8-20-13)16-21(17,18)14-6-10(15)4-5-12(14)19-3/h4-6,9,11,13,16H,7-8H2,1-3H3/t11-,13?/m1/s1.